The predicted octanol–water partition coefficient (Wildman–Crippen LogP) is 2.57. The van der Waals surface area contributed by atoms with E-state index in [1.54, 1.807) is 15.8 Å². The van der Waals surface area contributed by atoms with Crippen molar-refractivity contribution in [1.29, 1.82) is 0 Å². The van der Waals surface area contributed by atoms with E-state index in [4.69, 9.17) is 5.11 Å². The van der Waals surface area contributed by atoms with Crippen molar-refractivity contribution in [2.75, 3.05) is 31.1 Å². The van der Waals surface area contributed by atoms with Gasteiger partial charge in [-0.15, -0.1) is 0 Å². The molecule has 1 amide bonds. The Kier molecular flexibility index (Phi) is 5.51. The number of amides is 1. The van der Waals surface area contributed by atoms with Gasteiger partial charge in [0.25, 0.3) is 0 Å². The molecule has 32 heavy (non-hydrogen) atoms. The van der Waals surface area contributed by atoms with Gasteiger partial charge in [-0.1, -0.05) is 13.8 Å². The molecule has 2 fully saturated rings. The van der Waals surface area contributed by atoms with Gasteiger partial charge in [-0.25, -0.2) is 14.8 Å². The van der Waals surface area contributed by atoms with E-state index >= 15 is 0 Å². The maximum atomic E-state index is 13.5. The van der Waals surface area contributed by atoms with Gasteiger partial charge in [0.05, 0.1) is 24.5 Å². The van der Waals surface area contributed by atoms with Crippen molar-refractivity contribution in [2.45, 2.75) is 39.0 Å². The lowest BCUT2D eigenvalue weighted by Gasteiger charge is -2.46. The highest BCUT2D eigenvalue weighted by Crippen LogP contribution is 2.37. The van der Waals surface area contributed by atoms with Crippen LogP contribution in [0.25, 0.3) is 11.3 Å². The molecule has 0 bridgehead atoms. The summed E-state index contributed by atoms with van der Waals surface area (Å²) in [6.45, 7) is 5.71. The van der Waals surface area contributed by atoms with Gasteiger partial charge in [-0.2, -0.15) is 18.3 Å². The van der Waals surface area contributed by atoms with Gasteiger partial charge < -0.3 is 20.0 Å². The average molecular weight is 454 g/mol. The first-order valence-electron chi connectivity index (χ1n) is 10.3. The molecule has 9 nitrogen and oxygen atoms in total. The summed E-state index contributed by atoms with van der Waals surface area (Å²) in [5.74, 6) is 0.104. The molecule has 0 radical (unpaired) electrons. The highest BCUT2D eigenvalue weighted by atomic mass is 19.4. The number of hydrogen-bond donors (Lipinski definition) is 2. The van der Waals surface area contributed by atoms with Crippen LogP contribution >= 0.6 is 0 Å². The van der Waals surface area contributed by atoms with Gasteiger partial charge in [-0.3, -0.25) is 4.68 Å². The van der Waals surface area contributed by atoms with Crippen LogP contribution in [0.1, 0.15) is 26.0 Å². The summed E-state index contributed by atoms with van der Waals surface area (Å²) in [6.07, 6.45) is -1.80. The molecule has 12 heteroatoms. The Morgan fingerprint density at radius 2 is 1.97 bits per heavy atom. The van der Waals surface area contributed by atoms with Crippen LogP contribution in [0.2, 0.25) is 0 Å². The van der Waals surface area contributed by atoms with Crippen LogP contribution in [0, 0.1) is 11.3 Å². The molecule has 0 saturated carbocycles. The third-order valence-corrected chi connectivity index (χ3v) is 6.37. The minimum absolute atomic E-state index is 0.0589. The first-order valence-corrected chi connectivity index (χ1v) is 10.3. The Balaban J connectivity index is 1.56. The summed E-state index contributed by atoms with van der Waals surface area (Å²) in [7, 11) is 0. The summed E-state index contributed by atoms with van der Waals surface area (Å²) >= 11 is 0. The van der Waals surface area contributed by atoms with Crippen molar-refractivity contribution in [1.82, 2.24) is 24.6 Å². The lowest BCUT2D eigenvalue weighted by molar-refractivity contribution is -0.141. The lowest BCUT2D eigenvalue weighted by atomic mass is 9.74. The van der Waals surface area contributed by atoms with Gasteiger partial charge in [0.2, 0.25) is 5.95 Å². The number of aromatic nitrogens is 4. The number of carboxylic acid groups (broad SMARTS) is 1. The van der Waals surface area contributed by atoms with E-state index in [1.807, 2.05) is 13.8 Å². The van der Waals surface area contributed by atoms with Crippen LogP contribution in [-0.2, 0) is 12.7 Å². The summed E-state index contributed by atoms with van der Waals surface area (Å²) in [5, 5.41) is 22.7. The molecule has 2 aliphatic heterocycles. The second-order valence-corrected chi connectivity index (χ2v) is 9.05. The third-order valence-electron chi connectivity index (χ3n) is 6.37. The molecule has 2 aliphatic rings. The molecule has 174 valence electrons. The maximum Gasteiger partial charge on any atom is 0.433 e. The normalized spacial score (nSPS) is 19.6. The Morgan fingerprint density at radius 1 is 1.25 bits per heavy atom. The van der Waals surface area contributed by atoms with E-state index in [9.17, 15) is 23.1 Å². The zero-order chi connectivity index (χ0) is 23.3. The molecular formula is C20H25F3N6O3. The first kappa shape index (κ1) is 22.3. The molecule has 2 N–H and O–H groups in total. The van der Waals surface area contributed by atoms with Gasteiger partial charge >= 0.3 is 12.3 Å². The molecule has 0 aliphatic carbocycles. The van der Waals surface area contributed by atoms with Crippen LogP contribution in [-0.4, -0.2) is 73.2 Å². The molecule has 2 saturated heterocycles. The van der Waals surface area contributed by atoms with Gasteiger partial charge in [0.15, 0.2) is 5.69 Å². The second-order valence-electron chi connectivity index (χ2n) is 9.05. The molecule has 2 aromatic heterocycles. The van der Waals surface area contributed by atoms with Crippen molar-refractivity contribution >= 4 is 12.0 Å². The molecule has 1 atom stereocenters. The average Bonchev–Trinajstić information content (AvgIpc) is 3.06. The van der Waals surface area contributed by atoms with Crippen LogP contribution in [0.15, 0.2) is 18.5 Å². The van der Waals surface area contributed by atoms with Crippen molar-refractivity contribution in [3.8, 4) is 11.3 Å². The molecular weight excluding hydrogens is 429 g/mol. The van der Waals surface area contributed by atoms with E-state index in [2.05, 4.69) is 15.1 Å². The van der Waals surface area contributed by atoms with Gasteiger partial charge in [0, 0.05) is 43.9 Å². The number of aliphatic hydroxyl groups is 1. The number of aliphatic hydroxyl groups excluding tert-OH is 1. The number of carbonyl (C=O) groups is 1. The molecule has 0 unspecified atom stereocenters. The summed E-state index contributed by atoms with van der Waals surface area (Å²) < 4.78 is 42.0. The van der Waals surface area contributed by atoms with Crippen molar-refractivity contribution in [2.24, 2.45) is 11.3 Å². The molecule has 0 spiro atoms. The van der Waals surface area contributed by atoms with Crippen LogP contribution in [0.3, 0.4) is 0 Å². The van der Waals surface area contributed by atoms with E-state index in [-0.39, 0.29) is 35.6 Å². The third kappa shape index (κ3) is 4.23. The number of likely N-dealkylation sites (tertiary alicyclic amines) is 1. The van der Waals surface area contributed by atoms with Crippen molar-refractivity contribution in [3.05, 3.63) is 24.2 Å². The Bertz CT molecular complexity index is 1000. The van der Waals surface area contributed by atoms with Gasteiger partial charge in [-0.05, 0) is 17.9 Å². The minimum atomic E-state index is -4.63. The zero-order valence-electron chi connectivity index (χ0n) is 17.7. The SMILES string of the molecule is CC(C)(Cn1cc(-c2cc(C(F)(F)F)nc(N3CC[C@@H]3CO)n2)cn1)C1CN(C(=O)O)C1. The highest BCUT2D eigenvalue weighted by molar-refractivity contribution is 5.66. The number of halogens is 3. The molecule has 0 aromatic carbocycles. The van der Waals surface area contributed by atoms with E-state index < -0.39 is 18.0 Å². The highest BCUT2D eigenvalue weighted by Gasteiger charge is 2.41. The predicted molar refractivity (Wildman–Crippen MR) is 108 cm³/mol. The molecule has 2 aromatic rings. The van der Waals surface area contributed by atoms with Crippen LogP contribution in [0.5, 0.6) is 0 Å². The largest absolute Gasteiger partial charge is 0.465 e. The number of anilines is 1. The number of nitrogens with zero attached hydrogens (tertiary/aromatic N) is 6. The van der Waals surface area contributed by atoms with Crippen LogP contribution in [0.4, 0.5) is 23.9 Å². The van der Waals surface area contributed by atoms with Crippen molar-refractivity contribution < 1.29 is 28.2 Å². The fourth-order valence-electron chi connectivity index (χ4n) is 4.01. The van der Waals surface area contributed by atoms with Crippen LogP contribution < -0.4 is 4.90 Å². The minimum Gasteiger partial charge on any atom is -0.465 e. The van der Waals surface area contributed by atoms with Crippen molar-refractivity contribution in [3.63, 3.8) is 0 Å². The fourth-order valence-corrected chi connectivity index (χ4v) is 4.01. The molecule has 4 rings (SSSR count). The maximum absolute atomic E-state index is 13.5. The van der Waals surface area contributed by atoms with E-state index in [0.717, 1.165) is 6.07 Å². The standard InChI is InChI=1S/C20H25F3N6O3/c1-19(2,13-8-27(9-13)18(31)32)11-28-7-12(6-24-28)15-5-16(20(21,22)23)26-17(25-15)29-4-3-14(29)10-30/h5-7,13-14,30H,3-4,8-11H2,1-2H3,(H,31,32)/t14-/m1/s1. The number of rotatable bonds is 6. The number of alkyl halides is 3. The van der Waals surface area contributed by atoms with Gasteiger partial charge in [0.1, 0.15) is 0 Å². The Hall–Kier alpha value is -2.89. The van der Waals surface area contributed by atoms with E-state index in [0.29, 0.717) is 38.2 Å². The smallest absolute Gasteiger partial charge is 0.433 e. The monoisotopic (exact) mass is 454 g/mol. The number of hydrogen-bond acceptors (Lipinski definition) is 6. The van der Waals surface area contributed by atoms with E-state index in [1.165, 1.54) is 11.1 Å². The lowest BCUT2D eigenvalue weighted by Crippen LogP contribution is -2.55. The topological polar surface area (TPSA) is 108 Å². The Morgan fingerprint density at radius 3 is 2.53 bits per heavy atom. The molecule has 4 heterocycles. The second kappa shape index (κ2) is 7.91. The summed E-state index contributed by atoms with van der Waals surface area (Å²) in [5.41, 5.74) is -0.764. The first-order chi connectivity index (χ1) is 15.0. The fraction of sp³-hybridized carbons (Fsp3) is 0.600. The quantitative estimate of drug-likeness (QED) is 0.691. The summed E-state index contributed by atoms with van der Waals surface area (Å²) in [4.78, 5) is 21.9. The Labute approximate surface area is 182 Å². The zero-order valence-corrected chi connectivity index (χ0v) is 17.7. The summed E-state index contributed by atoms with van der Waals surface area (Å²) in [6, 6.07) is 0.614.